The first-order chi connectivity index (χ1) is 9.31. The molecule has 0 aliphatic carbocycles. The van der Waals surface area contributed by atoms with Crippen molar-refractivity contribution >= 4 is 33.5 Å². The number of rotatable bonds is 6. The van der Waals surface area contributed by atoms with E-state index in [-0.39, 0.29) is 31.0 Å². The van der Waals surface area contributed by atoms with Gasteiger partial charge in [-0.25, -0.2) is 0 Å². The highest BCUT2D eigenvalue weighted by Crippen LogP contribution is 2.23. The fourth-order valence-electron chi connectivity index (χ4n) is 1.48. The zero-order valence-corrected chi connectivity index (χ0v) is 12.3. The number of halogens is 1. The Morgan fingerprint density at radius 2 is 2.10 bits per heavy atom. The summed E-state index contributed by atoms with van der Waals surface area (Å²) in [6.45, 7) is 0.124. The smallest absolute Gasteiger partial charge is 0.305 e. The van der Waals surface area contributed by atoms with Crippen LogP contribution >= 0.6 is 15.9 Å². The van der Waals surface area contributed by atoms with Gasteiger partial charge in [-0.3, -0.25) is 19.7 Å². The third-order valence-electron chi connectivity index (χ3n) is 2.68. The lowest BCUT2D eigenvalue weighted by Gasteiger charge is -2.16. The molecule has 0 aliphatic rings. The van der Waals surface area contributed by atoms with Gasteiger partial charge in [0.05, 0.1) is 17.8 Å². The lowest BCUT2D eigenvalue weighted by Crippen LogP contribution is -2.30. The van der Waals surface area contributed by atoms with Crippen LogP contribution < -0.4 is 0 Å². The summed E-state index contributed by atoms with van der Waals surface area (Å²) < 4.78 is 0.478. The first kappa shape index (κ1) is 16.1. The van der Waals surface area contributed by atoms with Gasteiger partial charge in [-0.2, -0.15) is 0 Å². The minimum atomic E-state index is -0.971. The monoisotopic (exact) mass is 344 g/mol. The van der Waals surface area contributed by atoms with Gasteiger partial charge in [-0.15, -0.1) is 0 Å². The number of aliphatic carboxylic acids is 1. The van der Waals surface area contributed by atoms with Crippen molar-refractivity contribution in [2.45, 2.75) is 12.8 Å². The fourth-order valence-corrected chi connectivity index (χ4v) is 1.99. The Balaban J connectivity index is 2.70. The van der Waals surface area contributed by atoms with E-state index in [2.05, 4.69) is 15.9 Å². The summed E-state index contributed by atoms with van der Waals surface area (Å²) in [4.78, 5) is 33.7. The van der Waals surface area contributed by atoms with Gasteiger partial charge in [0.2, 0.25) is 5.91 Å². The van der Waals surface area contributed by atoms with Gasteiger partial charge in [0, 0.05) is 30.2 Å². The molecule has 1 rings (SSSR count). The third kappa shape index (κ3) is 4.61. The van der Waals surface area contributed by atoms with Crippen molar-refractivity contribution < 1.29 is 19.6 Å². The molecule has 0 heterocycles. The molecule has 108 valence electrons. The maximum Gasteiger partial charge on any atom is 0.305 e. The van der Waals surface area contributed by atoms with Crippen LogP contribution in [0.1, 0.15) is 12.0 Å². The van der Waals surface area contributed by atoms with Crippen LogP contribution in [0.2, 0.25) is 0 Å². The van der Waals surface area contributed by atoms with Crippen molar-refractivity contribution in [3.8, 4) is 0 Å². The highest BCUT2D eigenvalue weighted by Gasteiger charge is 2.15. The molecule has 8 heteroatoms. The number of benzene rings is 1. The number of non-ortho nitro benzene ring substituents is 1. The van der Waals surface area contributed by atoms with Crippen LogP contribution in [0.15, 0.2) is 22.7 Å². The van der Waals surface area contributed by atoms with E-state index < -0.39 is 10.9 Å². The molecule has 0 spiro atoms. The average molecular weight is 345 g/mol. The molecule has 0 fully saturated rings. The van der Waals surface area contributed by atoms with Crippen LogP contribution in [0.5, 0.6) is 0 Å². The standard InChI is InChI=1S/C12H13BrN2O5/c1-14(5-4-12(17)18)11(16)6-8-2-3-9(15(19)20)7-10(8)13/h2-3,7H,4-6H2,1H3,(H,17,18). The molecular weight excluding hydrogens is 332 g/mol. The Morgan fingerprint density at radius 3 is 2.60 bits per heavy atom. The van der Waals surface area contributed by atoms with Gasteiger partial charge in [0.1, 0.15) is 0 Å². The van der Waals surface area contributed by atoms with Crippen molar-refractivity contribution in [1.82, 2.24) is 4.90 Å². The molecule has 0 bridgehead atoms. The molecule has 0 unspecified atom stereocenters. The molecular formula is C12H13BrN2O5. The number of carbonyl (C=O) groups excluding carboxylic acids is 1. The molecule has 0 saturated heterocycles. The van der Waals surface area contributed by atoms with Crippen LogP contribution in [-0.4, -0.2) is 40.4 Å². The molecule has 1 amide bonds. The summed E-state index contributed by atoms with van der Waals surface area (Å²) in [7, 11) is 1.52. The molecule has 0 radical (unpaired) electrons. The van der Waals surface area contributed by atoms with E-state index in [1.165, 1.54) is 30.1 Å². The summed E-state index contributed by atoms with van der Waals surface area (Å²) in [6, 6.07) is 4.16. The van der Waals surface area contributed by atoms with E-state index in [0.29, 0.717) is 10.0 Å². The molecule has 1 N–H and O–H groups in total. The Hall–Kier alpha value is -1.96. The zero-order valence-electron chi connectivity index (χ0n) is 10.7. The first-order valence-corrected chi connectivity index (χ1v) is 6.49. The number of hydrogen-bond donors (Lipinski definition) is 1. The van der Waals surface area contributed by atoms with Crippen LogP contribution in [-0.2, 0) is 16.0 Å². The number of nitro benzene ring substituents is 1. The number of amides is 1. The van der Waals surface area contributed by atoms with Gasteiger partial charge >= 0.3 is 5.97 Å². The largest absolute Gasteiger partial charge is 0.481 e. The van der Waals surface area contributed by atoms with E-state index in [9.17, 15) is 19.7 Å². The molecule has 7 nitrogen and oxygen atoms in total. The van der Waals surface area contributed by atoms with Crippen LogP contribution in [0.3, 0.4) is 0 Å². The summed E-state index contributed by atoms with van der Waals surface area (Å²) in [6.07, 6.45) is -0.0711. The summed E-state index contributed by atoms with van der Waals surface area (Å²) in [5.74, 6) is -1.22. The normalized spacial score (nSPS) is 10.1. The van der Waals surface area contributed by atoms with Crippen LogP contribution in [0, 0.1) is 10.1 Å². The van der Waals surface area contributed by atoms with Crippen molar-refractivity contribution in [2.24, 2.45) is 0 Å². The number of likely N-dealkylation sites (N-methyl/N-ethyl adjacent to an activating group) is 1. The van der Waals surface area contributed by atoms with Gasteiger partial charge in [-0.1, -0.05) is 22.0 Å². The molecule has 0 aromatic heterocycles. The Kier molecular flexibility index (Phi) is 5.63. The molecule has 0 aliphatic heterocycles. The highest BCUT2D eigenvalue weighted by atomic mass is 79.9. The van der Waals surface area contributed by atoms with E-state index in [0.717, 1.165) is 0 Å². The van der Waals surface area contributed by atoms with Gasteiger partial charge in [0.15, 0.2) is 0 Å². The molecule has 0 atom stereocenters. The molecule has 20 heavy (non-hydrogen) atoms. The minimum Gasteiger partial charge on any atom is -0.481 e. The Bertz CT molecular complexity index is 547. The fraction of sp³-hybridized carbons (Fsp3) is 0.333. The predicted octanol–water partition coefficient (Wildman–Crippen LogP) is 1.83. The second-order valence-corrected chi connectivity index (χ2v) is 5.02. The summed E-state index contributed by atoms with van der Waals surface area (Å²) >= 11 is 3.19. The van der Waals surface area contributed by atoms with E-state index in [1.54, 1.807) is 0 Å². The van der Waals surface area contributed by atoms with Crippen LogP contribution in [0.25, 0.3) is 0 Å². The SMILES string of the molecule is CN(CCC(=O)O)C(=O)Cc1ccc([N+](=O)[O-])cc1Br. The van der Waals surface area contributed by atoms with E-state index in [4.69, 9.17) is 5.11 Å². The number of carboxylic acid groups (broad SMARTS) is 1. The van der Waals surface area contributed by atoms with Crippen molar-refractivity contribution in [3.63, 3.8) is 0 Å². The Labute approximate surface area is 123 Å². The van der Waals surface area contributed by atoms with E-state index >= 15 is 0 Å². The van der Waals surface area contributed by atoms with Gasteiger partial charge in [0.25, 0.3) is 5.69 Å². The number of carbonyl (C=O) groups is 2. The predicted molar refractivity (Wildman–Crippen MR) is 74.4 cm³/mol. The van der Waals surface area contributed by atoms with Crippen molar-refractivity contribution in [1.29, 1.82) is 0 Å². The highest BCUT2D eigenvalue weighted by molar-refractivity contribution is 9.10. The summed E-state index contributed by atoms with van der Waals surface area (Å²) in [5.41, 5.74) is 0.551. The van der Waals surface area contributed by atoms with Crippen LogP contribution in [0.4, 0.5) is 5.69 Å². The van der Waals surface area contributed by atoms with Crippen molar-refractivity contribution in [2.75, 3.05) is 13.6 Å². The number of carboxylic acids is 1. The van der Waals surface area contributed by atoms with Crippen molar-refractivity contribution in [3.05, 3.63) is 38.3 Å². The number of nitro groups is 1. The molecule has 0 saturated carbocycles. The average Bonchev–Trinajstić information content (AvgIpc) is 2.37. The second kappa shape index (κ2) is 6.99. The maximum atomic E-state index is 11.9. The van der Waals surface area contributed by atoms with Gasteiger partial charge < -0.3 is 10.0 Å². The van der Waals surface area contributed by atoms with Gasteiger partial charge in [-0.05, 0) is 5.56 Å². The van der Waals surface area contributed by atoms with E-state index in [1.807, 2.05) is 0 Å². The molecule has 1 aromatic carbocycles. The quantitative estimate of drug-likeness (QED) is 0.626. The Morgan fingerprint density at radius 1 is 1.45 bits per heavy atom. The lowest BCUT2D eigenvalue weighted by atomic mass is 10.1. The zero-order chi connectivity index (χ0) is 15.3. The minimum absolute atomic E-state index is 0.0503. The second-order valence-electron chi connectivity index (χ2n) is 4.17. The lowest BCUT2D eigenvalue weighted by molar-refractivity contribution is -0.384. The first-order valence-electron chi connectivity index (χ1n) is 5.70. The molecule has 1 aromatic rings. The maximum absolute atomic E-state index is 11.9. The number of hydrogen-bond acceptors (Lipinski definition) is 4. The topological polar surface area (TPSA) is 101 Å². The number of nitrogens with zero attached hydrogens (tertiary/aromatic N) is 2. The third-order valence-corrected chi connectivity index (χ3v) is 3.41. The summed E-state index contributed by atoms with van der Waals surface area (Å²) in [5, 5.41) is 19.1.